The number of rotatable bonds is 5. The van der Waals surface area contributed by atoms with Gasteiger partial charge in [0, 0.05) is 0 Å². The zero-order valence-corrected chi connectivity index (χ0v) is 14.0. The molecule has 0 spiro atoms. The molecule has 7 nitrogen and oxygen atoms in total. The summed E-state index contributed by atoms with van der Waals surface area (Å²) in [5.74, 6) is 0.232. The number of carbonyl (C=O) groups is 1. The molecule has 0 aliphatic carbocycles. The summed E-state index contributed by atoms with van der Waals surface area (Å²) in [5.41, 5.74) is 1.59. The first kappa shape index (κ1) is 16.7. The molecule has 25 heavy (non-hydrogen) atoms. The third-order valence-corrected chi connectivity index (χ3v) is 3.60. The molecule has 8 heteroatoms. The lowest BCUT2D eigenvalue weighted by Crippen LogP contribution is -2.08. The molecule has 0 aliphatic rings. The van der Waals surface area contributed by atoms with Gasteiger partial charge in [-0.3, -0.25) is 0 Å². The Hall–Kier alpha value is -3.19. The van der Waals surface area contributed by atoms with Crippen LogP contribution in [0.15, 0.2) is 54.7 Å². The van der Waals surface area contributed by atoms with Crippen LogP contribution in [-0.2, 0) is 4.74 Å². The molecule has 0 radical (unpaired) electrons. The van der Waals surface area contributed by atoms with Crippen molar-refractivity contribution in [2.45, 2.75) is 0 Å². The van der Waals surface area contributed by atoms with Crippen LogP contribution in [-0.4, -0.2) is 28.3 Å². The molecule has 0 saturated heterocycles. The van der Waals surface area contributed by atoms with E-state index in [9.17, 15) is 4.79 Å². The van der Waals surface area contributed by atoms with E-state index in [1.54, 1.807) is 30.3 Å². The van der Waals surface area contributed by atoms with E-state index in [-0.39, 0.29) is 5.95 Å². The van der Waals surface area contributed by atoms with Crippen molar-refractivity contribution in [3.8, 4) is 0 Å². The quantitative estimate of drug-likeness (QED) is 0.673. The van der Waals surface area contributed by atoms with Gasteiger partial charge in [-0.2, -0.15) is 10.1 Å². The summed E-state index contributed by atoms with van der Waals surface area (Å²) in [6.07, 6.45) is 1.47. The van der Waals surface area contributed by atoms with Crippen LogP contribution in [0.5, 0.6) is 0 Å². The van der Waals surface area contributed by atoms with E-state index in [1.807, 2.05) is 18.2 Å². The molecule has 2 aromatic carbocycles. The first-order chi connectivity index (χ1) is 12.2. The first-order valence-electron chi connectivity index (χ1n) is 7.33. The van der Waals surface area contributed by atoms with Gasteiger partial charge in [0.05, 0.1) is 35.3 Å². The molecule has 126 valence electrons. The summed E-state index contributed by atoms with van der Waals surface area (Å²) in [7, 11) is 1.32. The monoisotopic (exact) mass is 355 g/mol. The topological polar surface area (TPSA) is 89.0 Å². The van der Waals surface area contributed by atoms with Crippen molar-refractivity contribution in [2.24, 2.45) is 0 Å². The Morgan fingerprint density at radius 1 is 1.04 bits per heavy atom. The number of anilines is 4. The molecule has 1 heterocycles. The highest BCUT2D eigenvalue weighted by Gasteiger charge is 2.12. The third-order valence-electron chi connectivity index (χ3n) is 3.27. The lowest BCUT2D eigenvalue weighted by atomic mass is 10.2. The van der Waals surface area contributed by atoms with Gasteiger partial charge in [0.1, 0.15) is 0 Å². The van der Waals surface area contributed by atoms with Gasteiger partial charge in [0.15, 0.2) is 5.82 Å². The zero-order valence-electron chi connectivity index (χ0n) is 13.2. The van der Waals surface area contributed by atoms with Crippen molar-refractivity contribution in [3.05, 3.63) is 65.3 Å². The summed E-state index contributed by atoms with van der Waals surface area (Å²) in [5, 5.41) is 14.4. The van der Waals surface area contributed by atoms with E-state index in [4.69, 9.17) is 16.3 Å². The van der Waals surface area contributed by atoms with Gasteiger partial charge in [0.25, 0.3) is 0 Å². The number of nitrogens with zero attached hydrogens (tertiary/aromatic N) is 3. The van der Waals surface area contributed by atoms with E-state index in [2.05, 4.69) is 25.8 Å². The minimum Gasteiger partial charge on any atom is -0.465 e. The molecular formula is C17H14ClN5O2. The first-order valence-corrected chi connectivity index (χ1v) is 7.71. The molecule has 3 rings (SSSR count). The van der Waals surface area contributed by atoms with Gasteiger partial charge in [0.2, 0.25) is 5.95 Å². The average Bonchev–Trinajstić information content (AvgIpc) is 2.64. The molecule has 0 fully saturated rings. The van der Waals surface area contributed by atoms with E-state index >= 15 is 0 Å². The summed E-state index contributed by atoms with van der Waals surface area (Å²) < 4.78 is 4.77. The Morgan fingerprint density at radius 3 is 2.52 bits per heavy atom. The van der Waals surface area contributed by atoms with Crippen molar-refractivity contribution < 1.29 is 9.53 Å². The van der Waals surface area contributed by atoms with Crippen molar-refractivity contribution in [3.63, 3.8) is 0 Å². The average molecular weight is 356 g/mol. The lowest BCUT2D eigenvalue weighted by Gasteiger charge is -2.10. The van der Waals surface area contributed by atoms with Crippen molar-refractivity contribution in [1.82, 2.24) is 15.2 Å². The number of hydrogen-bond donors (Lipinski definition) is 2. The summed E-state index contributed by atoms with van der Waals surface area (Å²) in [6.45, 7) is 0. The van der Waals surface area contributed by atoms with Crippen molar-refractivity contribution in [1.29, 1.82) is 0 Å². The highest BCUT2D eigenvalue weighted by molar-refractivity contribution is 6.33. The predicted molar refractivity (Wildman–Crippen MR) is 95.6 cm³/mol. The number of nitrogens with one attached hydrogen (secondary N) is 2. The molecule has 0 unspecified atom stereocenters. The van der Waals surface area contributed by atoms with Crippen molar-refractivity contribution >= 4 is 40.7 Å². The highest BCUT2D eigenvalue weighted by atomic mass is 35.5. The number of ether oxygens (including phenoxy) is 1. The maximum Gasteiger partial charge on any atom is 0.339 e. The molecule has 0 saturated carbocycles. The summed E-state index contributed by atoms with van der Waals surface area (Å²) >= 11 is 6.12. The Balaban J connectivity index is 1.84. The Kier molecular flexibility index (Phi) is 5.06. The van der Waals surface area contributed by atoms with Gasteiger partial charge >= 0.3 is 5.97 Å². The van der Waals surface area contributed by atoms with Gasteiger partial charge in [-0.05, 0) is 24.3 Å². The number of benzene rings is 2. The van der Waals surface area contributed by atoms with Crippen LogP contribution in [0.4, 0.5) is 23.1 Å². The SMILES string of the molecule is COC(=O)c1ccccc1Nc1nncc(Nc2ccccc2Cl)n1. The van der Waals surface area contributed by atoms with E-state index in [1.165, 1.54) is 13.3 Å². The van der Waals surface area contributed by atoms with Crippen LogP contribution in [0.1, 0.15) is 10.4 Å². The van der Waals surface area contributed by atoms with Crippen molar-refractivity contribution in [2.75, 3.05) is 17.7 Å². The maximum absolute atomic E-state index is 11.8. The Bertz CT molecular complexity index is 903. The second-order valence-corrected chi connectivity index (χ2v) is 5.34. The number of halogens is 1. The number of esters is 1. The minimum absolute atomic E-state index is 0.230. The van der Waals surface area contributed by atoms with Gasteiger partial charge < -0.3 is 15.4 Å². The third kappa shape index (κ3) is 4.02. The van der Waals surface area contributed by atoms with Crippen LogP contribution in [0, 0.1) is 0 Å². The number of aromatic nitrogens is 3. The smallest absolute Gasteiger partial charge is 0.339 e. The van der Waals surface area contributed by atoms with E-state index in [0.29, 0.717) is 27.8 Å². The lowest BCUT2D eigenvalue weighted by molar-refractivity contribution is 0.0602. The molecule has 0 amide bonds. The molecule has 1 aromatic heterocycles. The van der Waals surface area contributed by atoms with Crippen LogP contribution < -0.4 is 10.6 Å². The molecule has 0 aliphatic heterocycles. The predicted octanol–water partition coefficient (Wildman–Crippen LogP) is 3.80. The summed E-state index contributed by atoms with van der Waals surface area (Å²) in [4.78, 5) is 16.1. The molecule has 0 atom stereocenters. The fraction of sp³-hybridized carbons (Fsp3) is 0.0588. The van der Waals surface area contributed by atoms with Crippen LogP contribution in [0.25, 0.3) is 0 Å². The minimum atomic E-state index is -0.457. The number of carbonyl (C=O) groups excluding carboxylic acids is 1. The highest BCUT2D eigenvalue weighted by Crippen LogP contribution is 2.24. The number of hydrogen-bond acceptors (Lipinski definition) is 7. The molecule has 3 aromatic rings. The fourth-order valence-electron chi connectivity index (χ4n) is 2.12. The second-order valence-electron chi connectivity index (χ2n) is 4.93. The van der Waals surface area contributed by atoms with Gasteiger partial charge in [-0.1, -0.05) is 35.9 Å². The molecular weight excluding hydrogens is 342 g/mol. The zero-order chi connectivity index (χ0) is 17.6. The molecule has 2 N–H and O–H groups in total. The molecule has 0 bridgehead atoms. The van der Waals surface area contributed by atoms with Gasteiger partial charge in [-0.25, -0.2) is 4.79 Å². The largest absolute Gasteiger partial charge is 0.465 e. The standard InChI is InChI=1S/C17H14ClN5O2/c1-25-16(24)11-6-2-4-8-13(11)21-17-22-15(10-19-23-17)20-14-9-5-3-7-12(14)18/h2-10H,1H3,(H2,20,21,22,23). The second kappa shape index (κ2) is 7.59. The number of methoxy groups -OCH3 is 1. The maximum atomic E-state index is 11.8. The van der Waals surface area contributed by atoms with Crippen LogP contribution in [0.3, 0.4) is 0 Å². The van der Waals surface area contributed by atoms with E-state index in [0.717, 1.165) is 0 Å². The number of para-hydroxylation sites is 2. The Labute approximate surface area is 149 Å². The van der Waals surface area contributed by atoms with Gasteiger partial charge in [-0.15, -0.1) is 5.10 Å². The van der Waals surface area contributed by atoms with Crippen LogP contribution >= 0.6 is 11.6 Å². The Morgan fingerprint density at radius 2 is 1.76 bits per heavy atom. The summed E-state index contributed by atoms with van der Waals surface area (Å²) in [6, 6.07) is 14.2. The van der Waals surface area contributed by atoms with E-state index < -0.39 is 5.97 Å². The fourth-order valence-corrected chi connectivity index (χ4v) is 2.30. The normalized spacial score (nSPS) is 10.2. The van der Waals surface area contributed by atoms with Crippen LogP contribution in [0.2, 0.25) is 5.02 Å².